The molecule has 0 saturated carbocycles. The van der Waals surface area contributed by atoms with Crippen molar-refractivity contribution in [1.82, 2.24) is 0 Å². The Hall–Kier alpha value is -2.51. The van der Waals surface area contributed by atoms with Crippen LogP contribution in [0.25, 0.3) is 0 Å². The van der Waals surface area contributed by atoms with Crippen LogP contribution >= 0.6 is 8.53 Å². The smallest absolute Gasteiger partial charge is 0.416 e. The quantitative estimate of drug-likeness (QED) is 0.384. The van der Waals surface area contributed by atoms with Crippen molar-refractivity contribution in [1.29, 1.82) is 0 Å². The van der Waals surface area contributed by atoms with E-state index in [-0.39, 0.29) is 16.2 Å². The number of nitrogens with zero attached hydrogens (tertiary/aromatic N) is 1. The molecule has 1 spiro atoms. The van der Waals surface area contributed by atoms with Gasteiger partial charge in [-0.25, -0.2) is 0 Å². The highest BCUT2D eigenvalue weighted by atomic mass is 31.2. The summed E-state index contributed by atoms with van der Waals surface area (Å²) in [6, 6.07) is 23.6. The van der Waals surface area contributed by atoms with Gasteiger partial charge in [-0.3, -0.25) is 4.67 Å². The molecule has 164 valence electrons. The van der Waals surface area contributed by atoms with Crippen LogP contribution in [0.3, 0.4) is 0 Å². The van der Waals surface area contributed by atoms with Crippen molar-refractivity contribution in [2.75, 3.05) is 11.7 Å². The second kappa shape index (κ2) is 6.51. The topological polar surface area (TPSA) is 21.7 Å². The van der Waals surface area contributed by atoms with Crippen LogP contribution in [0.4, 0.5) is 5.69 Å². The van der Waals surface area contributed by atoms with E-state index < -0.39 is 8.53 Å². The van der Waals surface area contributed by atoms with Crippen LogP contribution < -0.4 is 13.7 Å². The number of benzene rings is 3. The van der Waals surface area contributed by atoms with Crippen LogP contribution in [0.5, 0.6) is 11.5 Å². The number of para-hydroxylation sites is 1. The fourth-order valence-electron chi connectivity index (χ4n) is 6.62. The third-order valence-corrected chi connectivity index (χ3v) is 9.11. The summed E-state index contributed by atoms with van der Waals surface area (Å²) in [6.07, 6.45) is 2.16. The van der Waals surface area contributed by atoms with Crippen molar-refractivity contribution in [2.24, 2.45) is 0 Å². The van der Waals surface area contributed by atoms with E-state index in [4.69, 9.17) is 9.05 Å². The number of hydrogen-bond acceptors (Lipinski definition) is 3. The Morgan fingerprint density at radius 2 is 1.19 bits per heavy atom. The van der Waals surface area contributed by atoms with E-state index in [1.54, 1.807) is 0 Å². The Morgan fingerprint density at radius 3 is 1.69 bits per heavy atom. The Morgan fingerprint density at radius 1 is 0.688 bits per heavy atom. The molecule has 0 unspecified atom stereocenters. The molecule has 0 N–H and O–H groups in total. The average molecular weight is 444 g/mol. The average Bonchev–Trinajstić information content (AvgIpc) is 3.13. The summed E-state index contributed by atoms with van der Waals surface area (Å²) in [6.45, 7) is 9.54. The SMILES string of the molecule is CN(c1ccccc1)P1Oc2cccc3c2C2(CC3(C)C)CC(C)(C)c3cccc(c32)O1. The van der Waals surface area contributed by atoms with Gasteiger partial charge in [0.05, 0.1) is 0 Å². The summed E-state index contributed by atoms with van der Waals surface area (Å²) < 4.78 is 15.7. The molecule has 1 heterocycles. The number of anilines is 1. The van der Waals surface area contributed by atoms with Crippen molar-refractivity contribution in [3.63, 3.8) is 0 Å². The van der Waals surface area contributed by atoms with Gasteiger partial charge in [-0.1, -0.05) is 70.2 Å². The molecule has 0 radical (unpaired) electrons. The molecule has 0 bridgehead atoms. The van der Waals surface area contributed by atoms with E-state index in [0.717, 1.165) is 30.0 Å². The zero-order valence-electron chi connectivity index (χ0n) is 19.5. The number of rotatable bonds is 2. The van der Waals surface area contributed by atoms with E-state index in [1.807, 2.05) is 6.07 Å². The minimum Gasteiger partial charge on any atom is -0.422 e. The van der Waals surface area contributed by atoms with Gasteiger partial charge in [0.1, 0.15) is 11.5 Å². The maximum absolute atomic E-state index is 6.78. The molecular weight excluding hydrogens is 413 g/mol. The monoisotopic (exact) mass is 443 g/mol. The van der Waals surface area contributed by atoms with Crippen LogP contribution in [-0.4, -0.2) is 7.05 Å². The van der Waals surface area contributed by atoms with Gasteiger partial charge in [0, 0.05) is 29.3 Å². The Labute approximate surface area is 192 Å². The maximum Gasteiger partial charge on any atom is 0.416 e. The lowest BCUT2D eigenvalue weighted by Crippen LogP contribution is -2.29. The molecule has 6 rings (SSSR count). The summed E-state index contributed by atoms with van der Waals surface area (Å²) >= 11 is 0. The first-order valence-electron chi connectivity index (χ1n) is 11.5. The van der Waals surface area contributed by atoms with Gasteiger partial charge in [0.2, 0.25) is 0 Å². The first kappa shape index (κ1) is 20.1. The van der Waals surface area contributed by atoms with Crippen LogP contribution in [0, 0.1) is 0 Å². The lowest BCUT2D eigenvalue weighted by Gasteiger charge is -2.36. The summed E-state index contributed by atoms with van der Waals surface area (Å²) in [5.74, 6) is 1.97. The molecule has 3 nitrogen and oxygen atoms in total. The van der Waals surface area contributed by atoms with Crippen LogP contribution in [0.15, 0.2) is 66.7 Å². The van der Waals surface area contributed by atoms with Crippen molar-refractivity contribution in [2.45, 2.75) is 56.8 Å². The maximum atomic E-state index is 6.78. The van der Waals surface area contributed by atoms with Crippen molar-refractivity contribution < 1.29 is 9.05 Å². The lowest BCUT2D eigenvalue weighted by molar-refractivity contribution is 0.338. The Bertz CT molecular complexity index is 1140. The van der Waals surface area contributed by atoms with Crippen molar-refractivity contribution in [3.8, 4) is 11.5 Å². The Kier molecular flexibility index (Phi) is 4.10. The fraction of sp³-hybridized carbons (Fsp3) is 0.357. The molecule has 0 fully saturated rings. The fourth-order valence-corrected chi connectivity index (χ4v) is 7.86. The molecule has 0 atom stereocenters. The van der Waals surface area contributed by atoms with E-state index in [1.165, 1.54) is 22.3 Å². The molecule has 4 heteroatoms. The molecule has 3 aromatic carbocycles. The van der Waals surface area contributed by atoms with Crippen molar-refractivity contribution in [3.05, 3.63) is 89.0 Å². The van der Waals surface area contributed by atoms with Gasteiger partial charge < -0.3 is 9.05 Å². The summed E-state index contributed by atoms with van der Waals surface area (Å²) in [4.78, 5) is 0. The van der Waals surface area contributed by atoms with E-state index >= 15 is 0 Å². The second-order valence-corrected chi connectivity index (χ2v) is 12.3. The molecule has 0 amide bonds. The van der Waals surface area contributed by atoms with Gasteiger partial charge in [-0.15, -0.1) is 0 Å². The van der Waals surface area contributed by atoms with Crippen LogP contribution in [0.2, 0.25) is 0 Å². The van der Waals surface area contributed by atoms with Gasteiger partial charge >= 0.3 is 8.53 Å². The molecule has 0 aromatic heterocycles. The Balaban J connectivity index is 1.62. The molecule has 2 aliphatic carbocycles. The minimum atomic E-state index is -1.37. The van der Waals surface area contributed by atoms with E-state index in [2.05, 4.69) is 100 Å². The molecule has 3 aromatic rings. The standard InChI is InChI=1S/C28H30NO2P/c1-26(2)17-28-18-27(3,4)21-14-10-16-23(25(21)28)31-32(29(5)19-11-7-6-8-12-19)30-22-15-9-13-20(26)24(22)28/h6-16H,17-18H2,1-5H3. The third-order valence-electron chi connectivity index (χ3n) is 7.68. The minimum absolute atomic E-state index is 0.0718. The number of hydrogen-bond donors (Lipinski definition) is 0. The van der Waals surface area contributed by atoms with Gasteiger partial charge in [0.25, 0.3) is 0 Å². The summed E-state index contributed by atoms with van der Waals surface area (Å²) in [5, 5.41) is 0. The molecule has 1 aliphatic heterocycles. The highest BCUT2D eigenvalue weighted by molar-refractivity contribution is 7.50. The highest BCUT2D eigenvalue weighted by Crippen LogP contribution is 2.68. The predicted octanol–water partition coefficient (Wildman–Crippen LogP) is 7.47. The van der Waals surface area contributed by atoms with Crippen LogP contribution in [-0.2, 0) is 16.2 Å². The molecule has 0 saturated heterocycles. The normalized spacial score (nSPS) is 20.9. The molecule has 3 aliphatic rings. The third kappa shape index (κ3) is 2.64. The van der Waals surface area contributed by atoms with E-state index in [9.17, 15) is 0 Å². The first-order valence-corrected chi connectivity index (χ1v) is 12.6. The lowest BCUT2D eigenvalue weighted by atomic mass is 9.72. The van der Waals surface area contributed by atoms with Gasteiger partial charge in [-0.2, -0.15) is 0 Å². The second-order valence-electron chi connectivity index (χ2n) is 10.8. The van der Waals surface area contributed by atoms with Gasteiger partial charge in [-0.05, 0) is 59.1 Å². The first-order chi connectivity index (χ1) is 15.2. The zero-order chi connectivity index (χ0) is 22.3. The summed E-state index contributed by atoms with van der Waals surface area (Å²) in [5.41, 5.74) is 6.81. The molecule has 32 heavy (non-hydrogen) atoms. The zero-order valence-corrected chi connectivity index (χ0v) is 20.4. The predicted molar refractivity (Wildman–Crippen MR) is 132 cm³/mol. The summed E-state index contributed by atoms with van der Waals surface area (Å²) in [7, 11) is 0.700. The molecular formula is C28H30NO2P. The largest absolute Gasteiger partial charge is 0.422 e. The van der Waals surface area contributed by atoms with Crippen molar-refractivity contribution >= 4 is 14.2 Å². The highest BCUT2D eigenvalue weighted by Gasteiger charge is 2.59. The van der Waals surface area contributed by atoms with Crippen LogP contribution in [0.1, 0.15) is 62.8 Å². The van der Waals surface area contributed by atoms with E-state index in [0.29, 0.717) is 0 Å². The van der Waals surface area contributed by atoms with Gasteiger partial charge in [0.15, 0.2) is 0 Å².